The number of nitrogens with zero attached hydrogens (tertiary/aromatic N) is 5. The summed E-state index contributed by atoms with van der Waals surface area (Å²) in [5.41, 5.74) is 1.11. The van der Waals surface area contributed by atoms with E-state index in [1.54, 1.807) is 13.0 Å². The SMILES string of the molecule is Cc1cc(NC(=O)CN2CCC(n3cc(C4CC4)nn3)C2)no1. The number of amides is 1. The maximum atomic E-state index is 12.1. The van der Waals surface area contributed by atoms with Crippen molar-refractivity contribution in [1.29, 1.82) is 0 Å². The zero-order valence-electron chi connectivity index (χ0n) is 13.1. The second kappa shape index (κ2) is 5.77. The highest BCUT2D eigenvalue weighted by Gasteiger charge is 2.30. The largest absolute Gasteiger partial charge is 0.360 e. The van der Waals surface area contributed by atoms with Crippen molar-refractivity contribution in [3.8, 4) is 0 Å². The molecule has 23 heavy (non-hydrogen) atoms. The summed E-state index contributed by atoms with van der Waals surface area (Å²) in [7, 11) is 0. The average molecular weight is 316 g/mol. The maximum absolute atomic E-state index is 12.1. The predicted octanol–water partition coefficient (Wildman–Crippen LogP) is 1.34. The minimum Gasteiger partial charge on any atom is -0.360 e. The van der Waals surface area contributed by atoms with Gasteiger partial charge in [-0.25, -0.2) is 4.68 Å². The van der Waals surface area contributed by atoms with Gasteiger partial charge in [0, 0.05) is 31.3 Å². The third-order valence-corrected chi connectivity index (χ3v) is 4.41. The van der Waals surface area contributed by atoms with E-state index in [0.717, 1.165) is 25.2 Å². The Morgan fingerprint density at radius 3 is 3.04 bits per heavy atom. The fourth-order valence-corrected chi connectivity index (χ4v) is 3.02. The molecule has 1 aliphatic carbocycles. The molecule has 2 aromatic heterocycles. The summed E-state index contributed by atoms with van der Waals surface area (Å²) in [6.07, 6.45) is 5.53. The van der Waals surface area contributed by atoms with Crippen LogP contribution in [-0.4, -0.2) is 50.6 Å². The van der Waals surface area contributed by atoms with E-state index < -0.39 is 0 Å². The van der Waals surface area contributed by atoms with Crippen molar-refractivity contribution in [2.75, 3.05) is 25.0 Å². The third-order valence-electron chi connectivity index (χ3n) is 4.41. The zero-order valence-corrected chi connectivity index (χ0v) is 13.1. The van der Waals surface area contributed by atoms with Crippen molar-refractivity contribution < 1.29 is 9.32 Å². The Kier molecular flexibility index (Phi) is 3.60. The van der Waals surface area contributed by atoms with Crippen LogP contribution in [0.5, 0.6) is 0 Å². The number of aromatic nitrogens is 4. The van der Waals surface area contributed by atoms with E-state index in [4.69, 9.17) is 4.52 Å². The molecule has 1 unspecified atom stereocenters. The molecule has 0 radical (unpaired) electrons. The van der Waals surface area contributed by atoms with Gasteiger partial charge in [-0.3, -0.25) is 9.69 Å². The summed E-state index contributed by atoms with van der Waals surface area (Å²) in [5.74, 6) is 1.70. The summed E-state index contributed by atoms with van der Waals surface area (Å²) in [6.45, 7) is 3.85. The van der Waals surface area contributed by atoms with Gasteiger partial charge in [-0.15, -0.1) is 5.10 Å². The Hall–Kier alpha value is -2.22. The van der Waals surface area contributed by atoms with Gasteiger partial charge in [-0.2, -0.15) is 0 Å². The molecule has 122 valence electrons. The first-order valence-electron chi connectivity index (χ1n) is 8.04. The maximum Gasteiger partial charge on any atom is 0.239 e. The molecular formula is C15H20N6O2. The molecule has 1 N–H and O–H groups in total. The number of aryl methyl sites for hydroxylation is 1. The first kappa shape index (κ1) is 14.4. The minimum atomic E-state index is -0.0730. The van der Waals surface area contributed by atoms with Gasteiger partial charge in [-0.1, -0.05) is 10.4 Å². The van der Waals surface area contributed by atoms with Gasteiger partial charge in [0.2, 0.25) is 5.91 Å². The first-order chi connectivity index (χ1) is 11.2. The average Bonchev–Trinajstić information content (AvgIpc) is 2.92. The molecule has 1 amide bonds. The molecule has 2 aromatic rings. The van der Waals surface area contributed by atoms with E-state index in [0.29, 0.717) is 30.1 Å². The predicted molar refractivity (Wildman–Crippen MR) is 82.0 cm³/mol. The Bertz CT molecular complexity index is 704. The summed E-state index contributed by atoms with van der Waals surface area (Å²) >= 11 is 0. The topological polar surface area (TPSA) is 89.1 Å². The van der Waals surface area contributed by atoms with E-state index in [-0.39, 0.29) is 5.91 Å². The van der Waals surface area contributed by atoms with Crippen LogP contribution in [0.3, 0.4) is 0 Å². The Morgan fingerprint density at radius 2 is 2.30 bits per heavy atom. The molecule has 0 aromatic carbocycles. The van der Waals surface area contributed by atoms with Crippen LogP contribution in [0.25, 0.3) is 0 Å². The van der Waals surface area contributed by atoms with Crippen LogP contribution in [0.15, 0.2) is 16.8 Å². The molecule has 1 atom stereocenters. The highest BCUT2D eigenvalue weighted by atomic mass is 16.5. The van der Waals surface area contributed by atoms with Crippen molar-refractivity contribution in [2.24, 2.45) is 0 Å². The standard InChI is InChI=1S/C15H20N6O2/c1-10-6-14(18-23-10)16-15(22)9-20-5-4-12(7-20)21-8-13(17-19-21)11-2-3-11/h6,8,11-12H,2-5,7,9H2,1H3,(H,16,18,22). The normalized spacial score (nSPS) is 21.7. The number of likely N-dealkylation sites (tertiary alicyclic amines) is 1. The van der Waals surface area contributed by atoms with E-state index in [1.165, 1.54) is 12.8 Å². The second-order valence-corrected chi connectivity index (χ2v) is 6.45. The van der Waals surface area contributed by atoms with Crippen LogP contribution >= 0.6 is 0 Å². The smallest absolute Gasteiger partial charge is 0.239 e. The quantitative estimate of drug-likeness (QED) is 0.895. The molecule has 4 rings (SSSR count). The monoisotopic (exact) mass is 316 g/mol. The number of carbonyl (C=O) groups is 1. The molecule has 0 spiro atoms. The Labute approximate surface area is 133 Å². The number of carbonyl (C=O) groups excluding carboxylic acids is 1. The van der Waals surface area contributed by atoms with Crippen LogP contribution < -0.4 is 5.32 Å². The van der Waals surface area contributed by atoms with E-state index in [2.05, 4.69) is 31.9 Å². The Morgan fingerprint density at radius 1 is 1.43 bits per heavy atom. The van der Waals surface area contributed by atoms with Gasteiger partial charge < -0.3 is 9.84 Å². The fraction of sp³-hybridized carbons (Fsp3) is 0.600. The van der Waals surface area contributed by atoms with Crippen LogP contribution in [-0.2, 0) is 4.79 Å². The molecule has 3 heterocycles. The second-order valence-electron chi connectivity index (χ2n) is 6.45. The van der Waals surface area contributed by atoms with Crippen molar-refractivity contribution in [1.82, 2.24) is 25.1 Å². The highest BCUT2D eigenvalue weighted by molar-refractivity contribution is 5.91. The van der Waals surface area contributed by atoms with Gasteiger partial charge in [0.05, 0.1) is 18.3 Å². The van der Waals surface area contributed by atoms with Gasteiger partial charge in [-0.05, 0) is 26.2 Å². The third kappa shape index (κ3) is 3.26. The fourth-order valence-electron chi connectivity index (χ4n) is 3.02. The van der Waals surface area contributed by atoms with Crippen LogP contribution in [0.4, 0.5) is 5.82 Å². The van der Waals surface area contributed by atoms with Crippen molar-refractivity contribution in [2.45, 2.75) is 38.1 Å². The van der Waals surface area contributed by atoms with Gasteiger partial charge in [0.25, 0.3) is 0 Å². The molecular weight excluding hydrogens is 296 g/mol. The minimum absolute atomic E-state index is 0.0730. The van der Waals surface area contributed by atoms with Crippen molar-refractivity contribution in [3.05, 3.63) is 23.7 Å². The number of rotatable bonds is 5. The molecule has 8 nitrogen and oxygen atoms in total. The first-order valence-corrected chi connectivity index (χ1v) is 8.04. The van der Waals surface area contributed by atoms with Crippen LogP contribution in [0.2, 0.25) is 0 Å². The lowest BCUT2D eigenvalue weighted by Crippen LogP contribution is -2.32. The summed E-state index contributed by atoms with van der Waals surface area (Å²) in [6, 6.07) is 2.01. The molecule has 2 aliphatic rings. The molecule has 8 heteroatoms. The van der Waals surface area contributed by atoms with Gasteiger partial charge in [0.15, 0.2) is 5.82 Å². The molecule has 2 fully saturated rings. The van der Waals surface area contributed by atoms with E-state index >= 15 is 0 Å². The number of hydrogen-bond acceptors (Lipinski definition) is 6. The number of nitrogens with one attached hydrogen (secondary N) is 1. The van der Waals surface area contributed by atoms with Crippen LogP contribution in [0.1, 0.15) is 42.7 Å². The van der Waals surface area contributed by atoms with Gasteiger partial charge >= 0.3 is 0 Å². The molecule has 1 saturated heterocycles. The van der Waals surface area contributed by atoms with Crippen molar-refractivity contribution >= 4 is 11.7 Å². The molecule has 1 aliphatic heterocycles. The van der Waals surface area contributed by atoms with E-state index in [9.17, 15) is 4.79 Å². The molecule has 0 bridgehead atoms. The lowest BCUT2D eigenvalue weighted by atomic mass is 10.2. The molecule has 1 saturated carbocycles. The van der Waals surface area contributed by atoms with Crippen LogP contribution in [0, 0.1) is 6.92 Å². The zero-order chi connectivity index (χ0) is 15.8. The van der Waals surface area contributed by atoms with E-state index in [1.807, 2.05) is 4.68 Å². The number of hydrogen-bond donors (Lipinski definition) is 1. The van der Waals surface area contributed by atoms with Crippen molar-refractivity contribution in [3.63, 3.8) is 0 Å². The highest BCUT2D eigenvalue weighted by Crippen LogP contribution is 2.39. The summed E-state index contributed by atoms with van der Waals surface area (Å²) in [4.78, 5) is 14.2. The Balaban J connectivity index is 1.30. The number of anilines is 1. The summed E-state index contributed by atoms with van der Waals surface area (Å²) in [5, 5.41) is 15.0. The van der Waals surface area contributed by atoms with Gasteiger partial charge in [0.1, 0.15) is 5.76 Å². The summed E-state index contributed by atoms with van der Waals surface area (Å²) < 4.78 is 6.90. The lowest BCUT2D eigenvalue weighted by Gasteiger charge is -2.14. The lowest BCUT2D eigenvalue weighted by molar-refractivity contribution is -0.117.